The summed E-state index contributed by atoms with van der Waals surface area (Å²) in [5, 5.41) is 0. The van der Waals surface area contributed by atoms with Crippen molar-refractivity contribution in [3.05, 3.63) is 29.6 Å². The van der Waals surface area contributed by atoms with Crippen LogP contribution >= 0.6 is 0 Å². The van der Waals surface area contributed by atoms with E-state index in [1.165, 1.54) is 0 Å². The largest absolute Gasteiger partial charge is 0.371 e. The molecule has 1 aromatic carbocycles. The predicted octanol–water partition coefficient (Wildman–Crippen LogP) is 0.965. The number of imidazole rings is 1. The third-order valence-corrected chi connectivity index (χ3v) is 4.10. The van der Waals surface area contributed by atoms with Crippen molar-refractivity contribution in [2.75, 3.05) is 19.4 Å². The van der Waals surface area contributed by atoms with Crippen molar-refractivity contribution < 1.29 is 13.2 Å². The summed E-state index contributed by atoms with van der Waals surface area (Å²) >= 11 is 0. The number of hydrogen-bond donors (Lipinski definition) is 1. The monoisotopic (exact) mass is 295 g/mol. The quantitative estimate of drug-likeness (QED) is 0.915. The highest BCUT2D eigenvalue weighted by Gasteiger charge is 2.24. The number of aryl methyl sites for hydroxylation is 1. The van der Waals surface area contributed by atoms with Gasteiger partial charge in [-0.15, -0.1) is 0 Å². The Morgan fingerprint density at radius 2 is 2.30 bits per heavy atom. The molecule has 0 spiro atoms. The van der Waals surface area contributed by atoms with E-state index >= 15 is 0 Å². The minimum atomic E-state index is -3.21. The Bertz CT molecular complexity index is 752. The number of fused-ring (bicyclic) bond motifs is 3. The first-order chi connectivity index (χ1) is 9.44. The lowest BCUT2D eigenvalue weighted by Crippen LogP contribution is -2.35. The van der Waals surface area contributed by atoms with Crippen molar-refractivity contribution in [1.29, 1.82) is 0 Å². The fourth-order valence-electron chi connectivity index (χ4n) is 2.53. The Kier molecular flexibility index (Phi) is 3.27. The zero-order chi connectivity index (χ0) is 14.3. The molecule has 20 heavy (non-hydrogen) atoms. The fraction of sp³-hybridized carbons (Fsp3) is 0.462. The van der Waals surface area contributed by atoms with Crippen LogP contribution in [0.1, 0.15) is 17.4 Å². The van der Waals surface area contributed by atoms with Crippen LogP contribution in [-0.4, -0.2) is 37.4 Å². The van der Waals surface area contributed by atoms with Crippen molar-refractivity contribution in [2.24, 2.45) is 0 Å². The summed E-state index contributed by atoms with van der Waals surface area (Å²) in [4.78, 5) is 4.57. The number of hydrogen-bond acceptors (Lipinski definition) is 4. The van der Waals surface area contributed by atoms with Crippen LogP contribution in [-0.2, 0) is 21.4 Å². The second kappa shape index (κ2) is 4.83. The van der Waals surface area contributed by atoms with E-state index in [2.05, 4.69) is 14.3 Å². The van der Waals surface area contributed by atoms with Gasteiger partial charge in [-0.3, -0.25) is 0 Å². The topological polar surface area (TPSA) is 73.2 Å². The summed E-state index contributed by atoms with van der Waals surface area (Å²) in [6.07, 6.45) is 1.16. The normalized spacial score (nSPS) is 19.2. The zero-order valence-electron chi connectivity index (χ0n) is 11.5. The SMILES string of the molecule is Cc1ccc2c(c1)nc1n2C(CNS(C)(=O)=O)COC1. The van der Waals surface area contributed by atoms with Crippen molar-refractivity contribution in [1.82, 2.24) is 14.3 Å². The molecule has 0 aliphatic carbocycles. The maximum absolute atomic E-state index is 11.3. The first-order valence-corrected chi connectivity index (χ1v) is 8.33. The summed E-state index contributed by atoms with van der Waals surface area (Å²) in [7, 11) is -3.21. The van der Waals surface area contributed by atoms with Gasteiger partial charge in [0.25, 0.3) is 0 Å². The van der Waals surface area contributed by atoms with Gasteiger partial charge >= 0.3 is 0 Å². The highest BCUT2D eigenvalue weighted by molar-refractivity contribution is 7.88. The lowest BCUT2D eigenvalue weighted by molar-refractivity contribution is 0.0581. The molecule has 0 amide bonds. The third kappa shape index (κ3) is 2.56. The van der Waals surface area contributed by atoms with Crippen molar-refractivity contribution in [3.63, 3.8) is 0 Å². The summed E-state index contributed by atoms with van der Waals surface area (Å²) in [5.41, 5.74) is 3.10. The predicted molar refractivity (Wildman–Crippen MR) is 76.0 cm³/mol. The van der Waals surface area contributed by atoms with Crippen LogP contribution in [0.25, 0.3) is 11.0 Å². The van der Waals surface area contributed by atoms with E-state index in [0.29, 0.717) is 19.8 Å². The van der Waals surface area contributed by atoms with Gasteiger partial charge in [0.05, 0.1) is 29.9 Å². The van der Waals surface area contributed by atoms with Gasteiger partial charge in [0.2, 0.25) is 10.0 Å². The Balaban J connectivity index is 2.00. The third-order valence-electron chi connectivity index (χ3n) is 3.41. The van der Waals surface area contributed by atoms with Crippen LogP contribution in [0.2, 0.25) is 0 Å². The van der Waals surface area contributed by atoms with E-state index < -0.39 is 10.0 Å². The molecule has 3 rings (SSSR count). The van der Waals surface area contributed by atoms with Gasteiger partial charge in [0, 0.05) is 6.54 Å². The summed E-state index contributed by atoms with van der Waals surface area (Å²) in [5.74, 6) is 0.845. The number of rotatable bonds is 3. The van der Waals surface area contributed by atoms with Gasteiger partial charge in [-0.25, -0.2) is 18.1 Å². The van der Waals surface area contributed by atoms with Crippen molar-refractivity contribution in [3.8, 4) is 0 Å². The molecule has 1 aromatic heterocycles. The average molecular weight is 295 g/mol. The Labute approximate surface area is 117 Å². The van der Waals surface area contributed by atoms with E-state index in [9.17, 15) is 8.42 Å². The highest BCUT2D eigenvalue weighted by Crippen LogP contribution is 2.26. The lowest BCUT2D eigenvalue weighted by Gasteiger charge is -2.26. The van der Waals surface area contributed by atoms with Crippen LogP contribution in [0, 0.1) is 6.92 Å². The number of nitrogens with one attached hydrogen (secondary N) is 1. The van der Waals surface area contributed by atoms with Crippen LogP contribution in [0.5, 0.6) is 0 Å². The molecule has 0 radical (unpaired) electrons. The standard InChI is InChI=1S/C13H17N3O3S/c1-9-3-4-12-11(5-9)15-13-8-19-7-10(16(12)13)6-14-20(2,17)18/h3-5,10,14H,6-8H2,1-2H3. The molecule has 1 aliphatic rings. The van der Waals surface area contributed by atoms with Crippen molar-refractivity contribution in [2.45, 2.75) is 19.6 Å². The number of aromatic nitrogens is 2. The van der Waals surface area contributed by atoms with Crippen LogP contribution in [0.4, 0.5) is 0 Å². The maximum atomic E-state index is 11.3. The van der Waals surface area contributed by atoms with E-state index in [-0.39, 0.29) is 6.04 Å². The van der Waals surface area contributed by atoms with Crippen molar-refractivity contribution >= 4 is 21.1 Å². The molecule has 1 unspecified atom stereocenters. The minimum Gasteiger partial charge on any atom is -0.371 e. The van der Waals surface area contributed by atoms with Crippen LogP contribution in [0.3, 0.4) is 0 Å². The number of ether oxygens (including phenoxy) is 1. The summed E-state index contributed by atoms with van der Waals surface area (Å²) < 4.78 is 32.6. The molecule has 0 fully saturated rings. The molecule has 0 bridgehead atoms. The number of sulfonamides is 1. The average Bonchev–Trinajstić information content (AvgIpc) is 2.73. The molecule has 0 saturated carbocycles. The zero-order valence-corrected chi connectivity index (χ0v) is 12.3. The van der Waals surface area contributed by atoms with Gasteiger partial charge in [-0.05, 0) is 24.6 Å². The summed E-state index contributed by atoms with van der Waals surface area (Å²) in [6, 6.07) is 6.02. The highest BCUT2D eigenvalue weighted by atomic mass is 32.2. The van der Waals surface area contributed by atoms with Crippen LogP contribution < -0.4 is 4.72 Å². The molecule has 108 valence electrons. The molecular formula is C13H17N3O3S. The van der Waals surface area contributed by atoms with E-state index in [4.69, 9.17) is 4.74 Å². The second-order valence-corrected chi connectivity index (χ2v) is 7.01. The molecule has 0 saturated heterocycles. The minimum absolute atomic E-state index is 0.0684. The van der Waals surface area contributed by atoms with Gasteiger partial charge < -0.3 is 9.30 Å². The van der Waals surface area contributed by atoms with E-state index in [1.54, 1.807) is 0 Å². The van der Waals surface area contributed by atoms with Gasteiger partial charge in [0.1, 0.15) is 12.4 Å². The van der Waals surface area contributed by atoms with Gasteiger partial charge in [-0.1, -0.05) is 6.07 Å². The molecule has 1 N–H and O–H groups in total. The van der Waals surface area contributed by atoms with E-state index in [0.717, 1.165) is 28.7 Å². The fourth-order valence-corrected chi connectivity index (χ4v) is 3.02. The Morgan fingerprint density at radius 3 is 3.05 bits per heavy atom. The van der Waals surface area contributed by atoms with Gasteiger partial charge in [0.15, 0.2) is 0 Å². The number of nitrogens with zero attached hydrogens (tertiary/aromatic N) is 2. The molecule has 1 atom stereocenters. The summed E-state index contributed by atoms with van der Waals surface area (Å²) in [6.45, 7) is 3.28. The molecule has 1 aliphatic heterocycles. The molecular weight excluding hydrogens is 278 g/mol. The molecule has 6 nitrogen and oxygen atoms in total. The molecule has 7 heteroatoms. The first kappa shape index (κ1) is 13.5. The van der Waals surface area contributed by atoms with Crippen LogP contribution in [0.15, 0.2) is 18.2 Å². The van der Waals surface area contributed by atoms with Gasteiger partial charge in [-0.2, -0.15) is 0 Å². The Hall–Kier alpha value is -1.44. The molecule has 2 heterocycles. The number of benzene rings is 1. The maximum Gasteiger partial charge on any atom is 0.208 e. The Morgan fingerprint density at radius 1 is 1.50 bits per heavy atom. The first-order valence-electron chi connectivity index (χ1n) is 6.44. The second-order valence-electron chi connectivity index (χ2n) is 5.18. The molecule has 2 aromatic rings. The van der Waals surface area contributed by atoms with E-state index in [1.807, 2.05) is 25.1 Å². The lowest BCUT2D eigenvalue weighted by atomic mass is 10.2. The smallest absolute Gasteiger partial charge is 0.208 e.